The predicted molar refractivity (Wildman–Crippen MR) is 78.5 cm³/mol. The molecule has 0 radical (unpaired) electrons. The Balaban J connectivity index is 2.25. The SMILES string of the molecule is NC(Cc1ccc(Cl)cc1F)c1cc(Cl)ccc1Cl. The molecule has 0 bridgehead atoms. The number of benzene rings is 2. The van der Waals surface area contributed by atoms with Gasteiger partial charge in [-0.25, -0.2) is 4.39 Å². The average Bonchev–Trinajstić information content (AvgIpc) is 2.35. The van der Waals surface area contributed by atoms with Crippen molar-refractivity contribution in [3.63, 3.8) is 0 Å². The Labute approximate surface area is 126 Å². The van der Waals surface area contributed by atoms with Gasteiger partial charge in [0.05, 0.1) is 0 Å². The van der Waals surface area contributed by atoms with Crippen LogP contribution in [0.5, 0.6) is 0 Å². The fourth-order valence-corrected chi connectivity index (χ4v) is 2.43. The van der Waals surface area contributed by atoms with E-state index in [-0.39, 0.29) is 5.82 Å². The molecule has 0 heterocycles. The third-order valence-electron chi connectivity index (χ3n) is 2.81. The molecule has 0 saturated heterocycles. The summed E-state index contributed by atoms with van der Waals surface area (Å²) in [5.74, 6) is -0.374. The van der Waals surface area contributed by atoms with Gasteiger partial charge in [0, 0.05) is 21.1 Å². The van der Waals surface area contributed by atoms with Gasteiger partial charge in [-0.3, -0.25) is 0 Å². The molecule has 2 aromatic rings. The van der Waals surface area contributed by atoms with Gasteiger partial charge in [-0.05, 0) is 47.9 Å². The van der Waals surface area contributed by atoms with Crippen molar-refractivity contribution in [1.82, 2.24) is 0 Å². The van der Waals surface area contributed by atoms with Crippen molar-refractivity contribution in [2.45, 2.75) is 12.5 Å². The summed E-state index contributed by atoms with van der Waals surface area (Å²) in [6.45, 7) is 0. The molecule has 1 nitrogen and oxygen atoms in total. The van der Waals surface area contributed by atoms with Gasteiger partial charge in [-0.2, -0.15) is 0 Å². The van der Waals surface area contributed by atoms with Crippen molar-refractivity contribution in [3.05, 3.63) is 68.4 Å². The fraction of sp³-hybridized carbons (Fsp3) is 0.143. The van der Waals surface area contributed by atoms with E-state index in [2.05, 4.69) is 0 Å². The molecule has 2 N–H and O–H groups in total. The third-order valence-corrected chi connectivity index (χ3v) is 3.63. The molecule has 1 atom stereocenters. The van der Waals surface area contributed by atoms with Crippen LogP contribution in [-0.2, 0) is 6.42 Å². The van der Waals surface area contributed by atoms with Crippen molar-refractivity contribution in [2.75, 3.05) is 0 Å². The largest absolute Gasteiger partial charge is 0.324 e. The van der Waals surface area contributed by atoms with Crippen molar-refractivity contribution < 1.29 is 4.39 Å². The Hall–Kier alpha value is -0.800. The maximum Gasteiger partial charge on any atom is 0.127 e. The molecular formula is C14H11Cl3FN. The van der Waals surface area contributed by atoms with E-state index < -0.39 is 6.04 Å². The van der Waals surface area contributed by atoms with Crippen LogP contribution in [0.2, 0.25) is 15.1 Å². The molecule has 0 aliphatic heterocycles. The van der Waals surface area contributed by atoms with E-state index in [1.807, 2.05) is 0 Å². The summed E-state index contributed by atoms with van der Waals surface area (Å²) in [5.41, 5.74) is 7.25. The number of nitrogens with two attached hydrogens (primary N) is 1. The Morgan fingerprint density at radius 1 is 1.00 bits per heavy atom. The quantitative estimate of drug-likeness (QED) is 0.844. The van der Waals surface area contributed by atoms with E-state index in [0.717, 1.165) is 0 Å². The first-order valence-corrected chi connectivity index (χ1v) is 6.75. The van der Waals surface area contributed by atoms with Crippen LogP contribution in [0.3, 0.4) is 0 Å². The minimum absolute atomic E-state index is 0.322. The maximum atomic E-state index is 13.7. The van der Waals surface area contributed by atoms with Crippen LogP contribution in [0.25, 0.3) is 0 Å². The highest BCUT2D eigenvalue weighted by molar-refractivity contribution is 6.33. The number of hydrogen-bond acceptors (Lipinski definition) is 1. The van der Waals surface area contributed by atoms with E-state index in [0.29, 0.717) is 32.6 Å². The lowest BCUT2D eigenvalue weighted by molar-refractivity contribution is 0.593. The van der Waals surface area contributed by atoms with Gasteiger partial charge in [0.2, 0.25) is 0 Å². The second-order valence-corrected chi connectivity index (χ2v) is 5.49. The minimum Gasteiger partial charge on any atom is -0.324 e. The summed E-state index contributed by atoms with van der Waals surface area (Å²) in [6.07, 6.45) is 0.322. The molecule has 0 aromatic heterocycles. The lowest BCUT2D eigenvalue weighted by atomic mass is 9.99. The Kier molecular flexibility index (Phi) is 4.69. The number of rotatable bonds is 3. The molecule has 0 aliphatic carbocycles. The molecule has 5 heteroatoms. The van der Waals surface area contributed by atoms with Crippen molar-refractivity contribution >= 4 is 34.8 Å². The van der Waals surface area contributed by atoms with Gasteiger partial charge in [-0.15, -0.1) is 0 Å². The second kappa shape index (κ2) is 6.10. The second-order valence-electron chi connectivity index (χ2n) is 4.21. The van der Waals surface area contributed by atoms with Crippen LogP contribution in [-0.4, -0.2) is 0 Å². The Morgan fingerprint density at radius 3 is 2.32 bits per heavy atom. The maximum absolute atomic E-state index is 13.7. The van der Waals surface area contributed by atoms with Crippen LogP contribution in [0.1, 0.15) is 17.2 Å². The zero-order valence-electron chi connectivity index (χ0n) is 9.84. The molecule has 0 saturated carbocycles. The molecule has 0 spiro atoms. The first-order chi connectivity index (χ1) is 8.97. The monoisotopic (exact) mass is 317 g/mol. The van der Waals surface area contributed by atoms with E-state index in [4.69, 9.17) is 40.5 Å². The van der Waals surface area contributed by atoms with Crippen LogP contribution < -0.4 is 5.73 Å². The van der Waals surface area contributed by atoms with Gasteiger partial charge >= 0.3 is 0 Å². The average molecular weight is 319 g/mol. The van der Waals surface area contributed by atoms with Crippen molar-refractivity contribution in [3.8, 4) is 0 Å². The molecule has 0 aliphatic rings. The zero-order chi connectivity index (χ0) is 14.0. The van der Waals surface area contributed by atoms with Gasteiger partial charge in [0.25, 0.3) is 0 Å². The van der Waals surface area contributed by atoms with E-state index in [1.54, 1.807) is 30.3 Å². The molecule has 100 valence electrons. The third kappa shape index (κ3) is 3.61. The summed E-state index contributed by atoms with van der Waals surface area (Å²) >= 11 is 17.7. The molecule has 0 amide bonds. The normalized spacial score (nSPS) is 12.5. The van der Waals surface area contributed by atoms with Gasteiger partial charge < -0.3 is 5.73 Å². The van der Waals surface area contributed by atoms with Crippen LogP contribution >= 0.6 is 34.8 Å². The number of hydrogen-bond donors (Lipinski definition) is 1. The van der Waals surface area contributed by atoms with Crippen molar-refractivity contribution in [2.24, 2.45) is 5.73 Å². The summed E-state index contributed by atoms with van der Waals surface area (Å²) in [7, 11) is 0. The van der Waals surface area contributed by atoms with Crippen LogP contribution in [0.4, 0.5) is 4.39 Å². The highest BCUT2D eigenvalue weighted by Gasteiger charge is 2.14. The van der Waals surface area contributed by atoms with Crippen LogP contribution in [0, 0.1) is 5.82 Å². The smallest absolute Gasteiger partial charge is 0.127 e. The number of halogens is 4. The standard InChI is InChI=1S/C14H11Cl3FN/c15-9-3-4-12(17)11(6-9)14(19)5-8-1-2-10(16)7-13(8)18/h1-4,6-7,14H,5,19H2. The Bertz CT molecular complexity index is 601. The van der Waals surface area contributed by atoms with Crippen molar-refractivity contribution in [1.29, 1.82) is 0 Å². The molecule has 2 aromatic carbocycles. The van der Waals surface area contributed by atoms with Crippen LogP contribution in [0.15, 0.2) is 36.4 Å². The van der Waals surface area contributed by atoms with Gasteiger partial charge in [0.1, 0.15) is 5.82 Å². The predicted octanol–water partition coefficient (Wildman–Crippen LogP) is 5.03. The first kappa shape index (κ1) is 14.6. The lowest BCUT2D eigenvalue weighted by Gasteiger charge is -2.15. The molecule has 2 rings (SSSR count). The summed E-state index contributed by atoms with van der Waals surface area (Å²) in [4.78, 5) is 0. The molecule has 0 fully saturated rings. The molecule has 19 heavy (non-hydrogen) atoms. The summed E-state index contributed by atoms with van der Waals surface area (Å²) in [5, 5.41) is 1.42. The van der Waals surface area contributed by atoms with Gasteiger partial charge in [-0.1, -0.05) is 40.9 Å². The van der Waals surface area contributed by atoms with E-state index in [9.17, 15) is 4.39 Å². The fourth-order valence-electron chi connectivity index (χ4n) is 1.83. The topological polar surface area (TPSA) is 26.0 Å². The molecule has 1 unspecified atom stereocenters. The lowest BCUT2D eigenvalue weighted by Crippen LogP contribution is -2.14. The zero-order valence-corrected chi connectivity index (χ0v) is 12.1. The first-order valence-electron chi connectivity index (χ1n) is 5.62. The summed E-state index contributed by atoms with van der Waals surface area (Å²) < 4.78 is 13.7. The van der Waals surface area contributed by atoms with Gasteiger partial charge in [0.15, 0.2) is 0 Å². The summed E-state index contributed by atoms with van der Waals surface area (Å²) in [6, 6.07) is 9.15. The highest BCUT2D eigenvalue weighted by atomic mass is 35.5. The minimum atomic E-state index is -0.429. The Morgan fingerprint density at radius 2 is 1.63 bits per heavy atom. The van der Waals surface area contributed by atoms with E-state index >= 15 is 0 Å². The highest BCUT2D eigenvalue weighted by Crippen LogP contribution is 2.28. The van der Waals surface area contributed by atoms with E-state index in [1.165, 1.54) is 6.07 Å². The molecular weight excluding hydrogens is 308 g/mol.